The maximum atomic E-state index is 12.9. The summed E-state index contributed by atoms with van der Waals surface area (Å²) >= 11 is 0.830. The third-order valence-corrected chi connectivity index (χ3v) is 7.36. The Kier molecular flexibility index (Phi) is 7.29. The van der Waals surface area contributed by atoms with Gasteiger partial charge in [0.25, 0.3) is 11.1 Å². The molecular weight excluding hydrogens is 496 g/mol. The van der Waals surface area contributed by atoms with Crippen molar-refractivity contribution in [3.63, 3.8) is 0 Å². The van der Waals surface area contributed by atoms with Gasteiger partial charge in [-0.15, -0.1) is 0 Å². The Morgan fingerprint density at radius 2 is 1.68 bits per heavy atom. The number of fused-ring (bicyclic) bond motifs is 1. The van der Waals surface area contributed by atoms with Gasteiger partial charge >= 0.3 is 0 Å². The zero-order valence-electron chi connectivity index (χ0n) is 21.1. The Labute approximate surface area is 225 Å². The molecule has 0 spiro atoms. The zero-order valence-corrected chi connectivity index (χ0v) is 21.9. The van der Waals surface area contributed by atoms with Crippen molar-refractivity contribution in [2.24, 2.45) is 0 Å². The molecule has 5 rings (SSSR count). The van der Waals surface area contributed by atoms with E-state index >= 15 is 0 Å². The fraction of sp³-hybridized carbons (Fsp3) is 0.129. The van der Waals surface area contributed by atoms with Crippen LogP contribution in [0.25, 0.3) is 16.8 Å². The fourth-order valence-electron chi connectivity index (χ4n) is 4.16. The number of thioether (sulfide) groups is 1. The second-order valence-electron chi connectivity index (χ2n) is 9.10. The molecule has 0 aromatic heterocycles. The Morgan fingerprint density at radius 1 is 0.921 bits per heavy atom. The number of benzene rings is 4. The molecular formula is C31H26N2O4S. The maximum Gasteiger partial charge on any atom is 0.294 e. The largest absolute Gasteiger partial charge is 0.489 e. The number of imide groups is 1. The molecule has 0 radical (unpaired) electrons. The second kappa shape index (κ2) is 10.9. The van der Waals surface area contributed by atoms with Crippen LogP contribution in [0.1, 0.15) is 22.3 Å². The zero-order chi connectivity index (χ0) is 26.6. The Morgan fingerprint density at radius 3 is 2.47 bits per heavy atom. The van der Waals surface area contributed by atoms with Gasteiger partial charge in [-0.1, -0.05) is 60.7 Å². The lowest BCUT2D eigenvalue weighted by molar-refractivity contribution is -0.127. The summed E-state index contributed by atoms with van der Waals surface area (Å²) in [6.45, 7) is 3.97. The lowest BCUT2D eigenvalue weighted by atomic mass is 10.1. The number of ether oxygens (including phenoxy) is 1. The van der Waals surface area contributed by atoms with E-state index in [9.17, 15) is 14.4 Å². The lowest BCUT2D eigenvalue weighted by Gasteiger charge is -2.14. The van der Waals surface area contributed by atoms with Crippen molar-refractivity contribution in [1.29, 1.82) is 0 Å². The predicted molar refractivity (Wildman–Crippen MR) is 152 cm³/mol. The molecule has 0 atom stereocenters. The highest BCUT2D eigenvalue weighted by atomic mass is 32.2. The van der Waals surface area contributed by atoms with Gasteiger partial charge in [-0.3, -0.25) is 19.3 Å². The molecule has 0 aliphatic carbocycles. The van der Waals surface area contributed by atoms with Crippen LogP contribution in [-0.2, 0) is 16.2 Å². The highest BCUT2D eigenvalue weighted by Crippen LogP contribution is 2.32. The molecule has 3 amide bonds. The van der Waals surface area contributed by atoms with Crippen LogP contribution in [0, 0.1) is 13.8 Å². The topological polar surface area (TPSA) is 75.7 Å². The second-order valence-corrected chi connectivity index (χ2v) is 10.1. The van der Waals surface area contributed by atoms with Gasteiger partial charge in [-0.2, -0.15) is 0 Å². The Balaban J connectivity index is 1.19. The Bertz CT molecular complexity index is 1580. The molecule has 4 aromatic carbocycles. The summed E-state index contributed by atoms with van der Waals surface area (Å²) in [6.07, 6.45) is 1.65. The normalized spacial score (nSPS) is 14.4. The number of hydrogen-bond acceptors (Lipinski definition) is 5. The van der Waals surface area contributed by atoms with Gasteiger partial charge in [0.1, 0.15) is 18.9 Å². The minimum Gasteiger partial charge on any atom is -0.489 e. The number of aryl methyl sites for hydroxylation is 1. The van der Waals surface area contributed by atoms with E-state index in [0.717, 1.165) is 38.9 Å². The molecule has 190 valence electrons. The molecule has 1 N–H and O–H groups in total. The lowest BCUT2D eigenvalue weighted by Crippen LogP contribution is -2.36. The summed E-state index contributed by atoms with van der Waals surface area (Å²) in [6, 6.07) is 27.3. The molecule has 1 aliphatic rings. The number of nitrogens with zero attached hydrogens (tertiary/aromatic N) is 1. The highest BCUT2D eigenvalue weighted by Gasteiger charge is 2.36. The van der Waals surface area contributed by atoms with Crippen LogP contribution in [-0.4, -0.2) is 28.5 Å². The van der Waals surface area contributed by atoms with Gasteiger partial charge in [0.05, 0.1) is 4.91 Å². The number of rotatable bonds is 7. The van der Waals surface area contributed by atoms with Gasteiger partial charge < -0.3 is 10.1 Å². The van der Waals surface area contributed by atoms with Crippen LogP contribution in [0.3, 0.4) is 0 Å². The van der Waals surface area contributed by atoms with Crippen molar-refractivity contribution in [2.75, 3.05) is 11.9 Å². The van der Waals surface area contributed by atoms with Crippen molar-refractivity contribution in [3.05, 3.63) is 112 Å². The number of carbonyl (C=O) groups is 3. The number of amides is 3. The molecule has 6 nitrogen and oxygen atoms in total. The molecule has 38 heavy (non-hydrogen) atoms. The van der Waals surface area contributed by atoms with E-state index in [2.05, 4.69) is 35.6 Å². The molecule has 0 saturated carbocycles. The smallest absolute Gasteiger partial charge is 0.294 e. The molecule has 7 heteroatoms. The highest BCUT2D eigenvalue weighted by molar-refractivity contribution is 8.18. The van der Waals surface area contributed by atoms with Crippen molar-refractivity contribution in [1.82, 2.24) is 4.90 Å². The summed E-state index contributed by atoms with van der Waals surface area (Å²) in [5.74, 6) is -0.200. The monoisotopic (exact) mass is 522 g/mol. The summed E-state index contributed by atoms with van der Waals surface area (Å²) < 4.78 is 5.93. The van der Waals surface area contributed by atoms with Gasteiger partial charge in [-0.25, -0.2) is 0 Å². The van der Waals surface area contributed by atoms with E-state index in [-0.39, 0.29) is 11.4 Å². The number of hydrogen-bond donors (Lipinski definition) is 1. The molecule has 1 saturated heterocycles. The van der Waals surface area contributed by atoms with Crippen molar-refractivity contribution in [3.8, 4) is 5.75 Å². The van der Waals surface area contributed by atoms with Crippen molar-refractivity contribution in [2.45, 2.75) is 20.5 Å². The third-order valence-electron chi connectivity index (χ3n) is 6.45. The van der Waals surface area contributed by atoms with Crippen LogP contribution in [0.2, 0.25) is 0 Å². The van der Waals surface area contributed by atoms with E-state index in [4.69, 9.17) is 4.74 Å². The van der Waals surface area contributed by atoms with Gasteiger partial charge in [0.15, 0.2) is 0 Å². The minimum absolute atomic E-state index is 0.277. The maximum absolute atomic E-state index is 12.9. The van der Waals surface area contributed by atoms with Crippen molar-refractivity contribution >= 4 is 51.4 Å². The number of anilines is 1. The molecule has 0 unspecified atom stereocenters. The molecule has 0 bridgehead atoms. The van der Waals surface area contributed by atoms with Gasteiger partial charge in [0, 0.05) is 5.69 Å². The van der Waals surface area contributed by atoms with E-state index in [1.54, 1.807) is 12.1 Å². The molecule has 1 aliphatic heterocycles. The number of carbonyl (C=O) groups excluding carboxylic acids is 3. The first-order valence-corrected chi connectivity index (χ1v) is 13.0. The summed E-state index contributed by atoms with van der Waals surface area (Å²) in [7, 11) is 0. The first-order chi connectivity index (χ1) is 18.4. The average Bonchev–Trinajstić information content (AvgIpc) is 3.18. The van der Waals surface area contributed by atoms with Crippen LogP contribution >= 0.6 is 11.8 Å². The molecule has 1 fully saturated rings. The van der Waals surface area contributed by atoms with E-state index in [1.165, 1.54) is 10.8 Å². The fourth-order valence-corrected chi connectivity index (χ4v) is 5.00. The first kappa shape index (κ1) is 25.3. The van der Waals surface area contributed by atoms with Crippen molar-refractivity contribution < 1.29 is 19.1 Å². The summed E-state index contributed by atoms with van der Waals surface area (Å²) in [4.78, 5) is 39.1. The first-order valence-electron chi connectivity index (χ1n) is 12.2. The quantitative estimate of drug-likeness (QED) is 0.273. The van der Waals surface area contributed by atoms with Gasteiger partial charge in [-0.05, 0) is 89.0 Å². The van der Waals surface area contributed by atoms with E-state index in [1.807, 2.05) is 62.4 Å². The third kappa shape index (κ3) is 5.63. The van der Waals surface area contributed by atoms with Crippen LogP contribution in [0.5, 0.6) is 5.75 Å². The average molecular weight is 523 g/mol. The van der Waals surface area contributed by atoms with E-state index < -0.39 is 17.1 Å². The predicted octanol–water partition coefficient (Wildman–Crippen LogP) is 6.71. The van der Waals surface area contributed by atoms with Crippen LogP contribution in [0.15, 0.2) is 89.8 Å². The standard InChI is InChI=1S/C31H26N2O4S/c1-20-6-5-9-27(21(20)2)32-29(34)18-33-30(35)28(38-31(33)36)17-22-11-14-26(15-12-22)37-19-23-10-13-24-7-3-4-8-25(24)16-23/h3-17H,18-19H2,1-2H3,(H,32,34)/b28-17-. The molecule has 4 aromatic rings. The van der Waals surface area contributed by atoms with Crippen LogP contribution < -0.4 is 10.1 Å². The summed E-state index contributed by atoms with van der Waals surface area (Å²) in [5.41, 5.74) is 4.48. The SMILES string of the molecule is Cc1cccc(NC(=O)CN2C(=O)S/C(=C\c3ccc(OCc4ccc5ccccc5c4)cc3)C2=O)c1C. The van der Waals surface area contributed by atoms with E-state index in [0.29, 0.717) is 18.0 Å². The minimum atomic E-state index is -0.479. The molecule has 1 heterocycles. The number of nitrogens with one attached hydrogen (secondary N) is 1. The Hall–Kier alpha value is -4.36. The van der Waals surface area contributed by atoms with Crippen LogP contribution in [0.4, 0.5) is 10.5 Å². The summed E-state index contributed by atoms with van der Waals surface area (Å²) in [5, 5.41) is 4.68. The van der Waals surface area contributed by atoms with Gasteiger partial charge in [0.2, 0.25) is 5.91 Å².